The Morgan fingerprint density at radius 1 is 1.28 bits per heavy atom. The highest BCUT2D eigenvalue weighted by Crippen LogP contribution is 2.35. The summed E-state index contributed by atoms with van der Waals surface area (Å²) in [5, 5.41) is 10.5. The van der Waals surface area contributed by atoms with Gasteiger partial charge in [0.05, 0.1) is 5.52 Å². The number of carbonyl (C=O) groups is 1. The molecular weight excluding hydrogens is 330 g/mol. The molecule has 0 spiro atoms. The largest absolute Gasteiger partial charge is 0.303 e. The van der Waals surface area contributed by atoms with E-state index in [0.717, 1.165) is 23.4 Å². The third-order valence-corrected chi connectivity index (χ3v) is 6.79. The molecule has 3 saturated heterocycles. The van der Waals surface area contributed by atoms with E-state index in [1.807, 2.05) is 6.07 Å². The Morgan fingerprint density at radius 2 is 2.16 bits per heavy atom. The molecule has 5 heteroatoms. The minimum atomic E-state index is 0.189. The van der Waals surface area contributed by atoms with Gasteiger partial charge in [0.2, 0.25) is 0 Å². The molecule has 2 bridgehead atoms. The lowest BCUT2D eigenvalue weighted by molar-refractivity contribution is 0.0440. The second-order valence-electron chi connectivity index (χ2n) is 7.34. The number of aromatic nitrogens is 2. The van der Waals surface area contributed by atoms with Crippen LogP contribution >= 0.6 is 11.3 Å². The fraction of sp³-hybridized carbons (Fsp3) is 0.400. The summed E-state index contributed by atoms with van der Waals surface area (Å²) in [5.74, 6) is 1.42. The van der Waals surface area contributed by atoms with Gasteiger partial charge in [-0.3, -0.25) is 9.89 Å². The van der Waals surface area contributed by atoms with Gasteiger partial charge in [-0.25, -0.2) is 0 Å². The van der Waals surface area contributed by atoms with Crippen molar-refractivity contribution in [1.82, 2.24) is 15.1 Å². The Bertz CT molecular complexity index is 906. The summed E-state index contributed by atoms with van der Waals surface area (Å²) < 4.78 is 0. The highest BCUT2D eigenvalue weighted by molar-refractivity contribution is 7.13. The number of ketones is 1. The number of Topliss-reactive ketones (excluding diaryl/α,β-unsaturated/α-hetero) is 1. The summed E-state index contributed by atoms with van der Waals surface area (Å²) in [5.41, 5.74) is 2.73. The molecule has 1 N–H and O–H groups in total. The van der Waals surface area contributed by atoms with Gasteiger partial charge in [0.25, 0.3) is 0 Å². The predicted molar refractivity (Wildman–Crippen MR) is 101 cm³/mol. The van der Waals surface area contributed by atoms with E-state index in [9.17, 15) is 4.79 Å². The third kappa shape index (κ3) is 2.71. The Balaban J connectivity index is 1.40. The van der Waals surface area contributed by atoms with E-state index in [2.05, 4.69) is 44.7 Å². The van der Waals surface area contributed by atoms with E-state index in [-0.39, 0.29) is 5.78 Å². The van der Waals surface area contributed by atoms with Gasteiger partial charge in [-0.1, -0.05) is 12.1 Å². The minimum absolute atomic E-state index is 0.189. The van der Waals surface area contributed by atoms with Gasteiger partial charge in [-0.05, 0) is 66.9 Å². The van der Waals surface area contributed by atoms with E-state index in [1.165, 1.54) is 36.4 Å². The number of piperidine rings is 3. The maximum absolute atomic E-state index is 12.9. The molecule has 4 nitrogen and oxygen atoms in total. The van der Waals surface area contributed by atoms with E-state index < -0.39 is 0 Å². The summed E-state index contributed by atoms with van der Waals surface area (Å²) >= 11 is 1.72. The number of thiophene rings is 1. The standard InChI is InChI=1S/C20H21N3OS/c24-18(11-15-12-23-7-5-13(15)6-8-23)20-16-4-3-14(10-17(16)21-22-20)19-2-1-9-25-19/h1-4,9-10,13,15H,5-8,11-12H2,(H,21,22)/t15-/m1/s1. The highest BCUT2D eigenvalue weighted by Gasteiger charge is 2.35. The number of rotatable bonds is 4. The third-order valence-electron chi connectivity index (χ3n) is 5.87. The summed E-state index contributed by atoms with van der Waals surface area (Å²) in [4.78, 5) is 16.6. The first-order valence-corrected chi connectivity index (χ1v) is 9.93. The Morgan fingerprint density at radius 3 is 2.88 bits per heavy atom. The zero-order valence-corrected chi connectivity index (χ0v) is 14.9. The van der Waals surface area contributed by atoms with Crippen molar-refractivity contribution < 1.29 is 4.79 Å². The SMILES string of the molecule is O=C(C[C@@H]1CN2CCC1CC2)c1n[nH]c2cc(-c3cccs3)ccc12. The molecule has 3 aliphatic heterocycles. The van der Waals surface area contributed by atoms with Crippen molar-refractivity contribution >= 4 is 28.0 Å². The first-order chi connectivity index (χ1) is 12.3. The highest BCUT2D eigenvalue weighted by atomic mass is 32.1. The molecule has 1 aromatic carbocycles. The predicted octanol–water partition coefficient (Wildman–Crippen LogP) is 4.21. The van der Waals surface area contributed by atoms with Crippen LogP contribution in [0.1, 0.15) is 29.8 Å². The maximum Gasteiger partial charge on any atom is 0.184 e. The van der Waals surface area contributed by atoms with Gasteiger partial charge in [0.1, 0.15) is 5.69 Å². The lowest BCUT2D eigenvalue weighted by atomic mass is 9.76. The van der Waals surface area contributed by atoms with Crippen molar-refractivity contribution in [3.8, 4) is 10.4 Å². The van der Waals surface area contributed by atoms with Gasteiger partial charge in [-0.2, -0.15) is 5.10 Å². The average molecular weight is 351 g/mol. The molecule has 3 fully saturated rings. The summed E-state index contributed by atoms with van der Waals surface area (Å²) in [6, 6.07) is 10.4. The molecule has 0 unspecified atom stereocenters. The fourth-order valence-electron chi connectivity index (χ4n) is 4.48. The molecule has 0 amide bonds. The van der Waals surface area contributed by atoms with E-state index >= 15 is 0 Å². The molecule has 3 aromatic rings. The van der Waals surface area contributed by atoms with E-state index in [4.69, 9.17) is 0 Å². The van der Waals surface area contributed by atoms with Crippen LogP contribution in [0.5, 0.6) is 0 Å². The Labute approximate surface area is 150 Å². The van der Waals surface area contributed by atoms with Gasteiger partial charge in [-0.15, -0.1) is 11.3 Å². The van der Waals surface area contributed by atoms with Crippen molar-refractivity contribution in [2.45, 2.75) is 19.3 Å². The number of hydrogen-bond donors (Lipinski definition) is 1. The average Bonchev–Trinajstić information content (AvgIpc) is 3.32. The molecule has 1 atom stereocenters. The van der Waals surface area contributed by atoms with Crippen LogP contribution in [0.15, 0.2) is 35.7 Å². The van der Waals surface area contributed by atoms with Crippen LogP contribution < -0.4 is 0 Å². The van der Waals surface area contributed by atoms with Crippen molar-refractivity contribution in [1.29, 1.82) is 0 Å². The second kappa shape index (κ2) is 6.07. The summed E-state index contributed by atoms with van der Waals surface area (Å²) in [6.07, 6.45) is 3.14. The molecular formula is C20H21N3OS. The number of hydrogen-bond acceptors (Lipinski definition) is 4. The lowest BCUT2D eigenvalue weighted by Gasteiger charge is -2.44. The monoisotopic (exact) mass is 351 g/mol. The molecule has 3 aliphatic rings. The van der Waals surface area contributed by atoms with Gasteiger partial charge >= 0.3 is 0 Å². The zero-order chi connectivity index (χ0) is 16.8. The molecule has 2 aromatic heterocycles. The van der Waals surface area contributed by atoms with Crippen molar-refractivity contribution in [2.75, 3.05) is 19.6 Å². The number of fused-ring (bicyclic) bond motifs is 4. The minimum Gasteiger partial charge on any atom is -0.303 e. The van der Waals surface area contributed by atoms with Gasteiger partial charge < -0.3 is 4.90 Å². The fourth-order valence-corrected chi connectivity index (χ4v) is 5.21. The molecule has 25 heavy (non-hydrogen) atoms. The van der Waals surface area contributed by atoms with Gasteiger partial charge in [0, 0.05) is 23.2 Å². The van der Waals surface area contributed by atoms with Crippen LogP contribution in [0.3, 0.4) is 0 Å². The van der Waals surface area contributed by atoms with Crippen LogP contribution in [-0.2, 0) is 0 Å². The molecule has 0 radical (unpaired) electrons. The smallest absolute Gasteiger partial charge is 0.184 e. The zero-order valence-electron chi connectivity index (χ0n) is 14.1. The van der Waals surface area contributed by atoms with Crippen LogP contribution in [0.25, 0.3) is 21.3 Å². The van der Waals surface area contributed by atoms with Crippen molar-refractivity contribution in [3.05, 3.63) is 41.4 Å². The van der Waals surface area contributed by atoms with Crippen LogP contribution in [0.4, 0.5) is 0 Å². The van der Waals surface area contributed by atoms with E-state index in [0.29, 0.717) is 18.0 Å². The number of aromatic amines is 1. The number of nitrogens with one attached hydrogen (secondary N) is 1. The van der Waals surface area contributed by atoms with E-state index in [1.54, 1.807) is 11.3 Å². The van der Waals surface area contributed by atoms with Gasteiger partial charge in [0.15, 0.2) is 5.78 Å². The van der Waals surface area contributed by atoms with Crippen LogP contribution in [0.2, 0.25) is 0 Å². The first-order valence-electron chi connectivity index (χ1n) is 9.05. The quantitative estimate of drug-likeness (QED) is 0.717. The van der Waals surface area contributed by atoms with Crippen LogP contribution in [-0.4, -0.2) is 40.5 Å². The second-order valence-corrected chi connectivity index (χ2v) is 8.28. The summed E-state index contributed by atoms with van der Waals surface area (Å²) in [6.45, 7) is 3.51. The van der Waals surface area contributed by atoms with Crippen molar-refractivity contribution in [2.24, 2.45) is 11.8 Å². The number of benzene rings is 1. The normalized spacial score (nSPS) is 25.5. The molecule has 0 aliphatic carbocycles. The Hall–Kier alpha value is -1.98. The van der Waals surface area contributed by atoms with Crippen LogP contribution in [0, 0.1) is 11.8 Å². The number of nitrogens with zero attached hydrogens (tertiary/aromatic N) is 2. The number of carbonyl (C=O) groups excluding carboxylic acids is 1. The molecule has 128 valence electrons. The molecule has 5 heterocycles. The first kappa shape index (κ1) is 15.3. The molecule has 6 rings (SSSR count). The lowest BCUT2D eigenvalue weighted by Crippen LogP contribution is -2.47. The maximum atomic E-state index is 12.9. The summed E-state index contributed by atoms with van der Waals surface area (Å²) in [7, 11) is 0. The topological polar surface area (TPSA) is 49.0 Å². The number of H-pyrrole nitrogens is 1. The van der Waals surface area contributed by atoms with Crippen molar-refractivity contribution in [3.63, 3.8) is 0 Å². The Kier molecular flexibility index (Phi) is 3.71. The molecule has 0 saturated carbocycles.